The zero-order valence-corrected chi connectivity index (χ0v) is 13.4. The first-order valence-electron chi connectivity index (χ1n) is 8.02. The summed E-state index contributed by atoms with van der Waals surface area (Å²) in [4.78, 5) is 12.4. The van der Waals surface area contributed by atoms with Gasteiger partial charge in [-0.25, -0.2) is 5.43 Å². The molecule has 4 heteroatoms. The molecule has 1 fully saturated rings. The molecule has 1 aliphatic heterocycles. The van der Waals surface area contributed by atoms with Crippen molar-refractivity contribution in [2.24, 2.45) is 0 Å². The average molecular weight is 310 g/mol. The van der Waals surface area contributed by atoms with Crippen LogP contribution in [0.2, 0.25) is 0 Å². The van der Waals surface area contributed by atoms with Crippen molar-refractivity contribution in [3.8, 4) is 5.75 Å². The number of carbonyl (C=O) groups is 1. The molecule has 1 unspecified atom stereocenters. The largest absolute Gasteiger partial charge is 0.496 e. The van der Waals surface area contributed by atoms with E-state index in [0.717, 1.165) is 24.2 Å². The van der Waals surface area contributed by atoms with Gasteiger partial charge < -0.3 is 4.74 Å². The maximum Gasteiger partial charge on any atom is 0.237 e. The molecule has 120 valence electrons. The summed E-state index contributed by atoms with van der Waals surface area (Å²) in [5.74, 6) is 0.987. The molecule has 23 heavy (non-hydrogen) atoms. The molecular formula is C19H22N2O2. The number of ether oxygens (including phenoxy) is 1. The fourth-order valence-corrected chi connectivity index (χ4v) is 3.08. The van der Waals surface area contributed by atoms with Gasteiger partial charge in [-0.1, -0.05) is 48.5 Å². The standard InChI is InChI=1S/C19H22N2O2/c1-23-18-12-6-5-10-16(18)14-20-21-17(11-7-13-19(21)22)15-8-3-2-4-9-15/h2-6,8-10,12,17,20H,7,11,13-14H2,1H3. The van der Waals surface area contributed by atoms with E-state index in [1.165, 1.54) is 5.56 Å². The van der Waals surface area contributed by atoms with Crippen LogP contribution in [0.5, 0.6) is 5.75 Å². The Morgan fingerprint density at radius 1 is 1.13 bits per heavy atom. The highest BCUT2D eigenvalue weighted by molar-refractivity contribution is 5.77. The molecule has 0 aliphatic carbocycles. The number of hydrogen-bond donors (Lipinski definition) is 1. The molecule has 0 bridgehead atoms. The minimum Gasteiger partial charge on any atom is -0.496 e. The summed E-state index contributed by atoms with van der Waals surface area (Å²) in [6, 6.07) is 18.2. The lowest BCUT2D eigenvalue weighted by Gasteiger charge is -2.36. The molecule has 2 aromatic rings. The number of rotatable bonds is 5. The van der Waals surface area contributed by atoms with Gasteiger partial charge in [-0.3, -0.25) is 9.80 Å². The summed E-state index contributed by atoms with van der Waals surface area (Å²) in [5, 5.41) is 1.80. The van der Waals surface area contributed by atoms with Gasteiger partial charge in [-0.15, -0.1) is 0 Å². The molecular weight excluding hydrogens is 288 g/mol. The second-order valence-electron chi connectivity index (χ2n) is 5.73. The predicted molar refractivity (Wildman–Crippen MR) is 89.7 cm³/mol. The van der Waals surface area contributed by atoms with E-state index in [1.807, 2.05) is 42.5 Å². The number of benzene rings is 2. The van der Waals surface area contributed by atoms with Crippen LogP contribution in [0.4, 0.5) is 0 Å². The number of para-hydroxylation sites is 1. The molecule has 1 atom stereocenters. The zero-order valence-electron chi connectivity index (χ0n) is 13.4. The van der Waals surface area contributed by atoms with Crippen LogP contribution >= 0.6 is 0 Å². The third kappa shape index (κ3) is 3.54. The Hall–Kier alpha value is -2.33. The number of hydrogen-bond acceptors (Lipinski definition) is 3. The number of piperidine rings is 1. The Kier molecular flexibility index (Phi) is 4.93. The average Bonchev–Trinajstić information content (AvgIpc) is 2.61. The first kappa shape index (κ1) is 15.6. The molecule has 3 rings (SSSR count). The number of nitrogens with one attached hydrogen (secondary N) is 1. The SMILES string of the molecule is COc1ccccc1CNN1C(=O)CCCC1c1ccccc1. The minimum absolute atomic E-state index is 0.0900. The molecule has 2 aromatic carbocycles. The Labute approximate surface area is 137 Å². The molecule has 4 nitrogen and oxygen atoms in total. The van der Waals surface area contributed by atoms with E-state index >= 15 is 0 Å². The van der Waals surface area contributed by atoms with Crippen LogP contribution in [0.15, 0.2) is 54.6 Å². The highest BCUT2D eigenvalue weighted by Gasteiger charge is 2.29. The van der Waals surface area contributed by atoms with Gasteiger partial charge in [0.1, 0.15) is 5.75 Å². The summed E-state index contributed by atoms with van der Waals surface area (Å²) >= 11 is 0. The summed E-state index contributed by atoms with van der Waals surface area (Å²) in [6.07, 6.45) is 2.52. The van der Waals surface area contributed by atoms with Gasteiger partial charge in [0.25, 0.3) is 0 Å². The summed E-state index contributed by atoms with van der Waals surface area (Å²) in [6.45, 7) is 0.569. The normalized spacial score (nSPS) is 18.0. The van der Waals surface area contributed by atoms with Crippen molar-refractivity contribution in [2.45, 2.75) is 31.8 Å². The Morgan fingerprint density at radius 2 is 1.87 bits per heavy atom. The minimum atomic E-state index is 0.0900. The molecule has 0 spiro atoms. The Bertz CT molecular complexity index is 657. The maximum atomic E-state index is 12.4. The van der Waals surface area contributed by atoms with Gasteiger partial charge in [0.05, 0.1) is 13.2 Å². The second kappa shape index (κ2) is 7.29. The fourth-order valence-electron chi connectivity index (χ4n) is 3.08. The molecule has 1 heterocycles. The number of carbonyl (C=O) groups excluding carboxylic acids is 1. The van der Waals surface area contributed by atoms with Gasteiger partial charge in [0.15, 0.2) is 0 Å². The predicted octanol–water partition coefficient (Wildman–Crippen LogP) is 3.45. The Morgan fingerprint density at radius 3 is 2.65 bits per heavy atom. The van der Waals surface area contributed by atoms with Crippen molar-refractivity contribution in [3.63, 3.8) is 0 Å². The lowest BCUT2D eigenvalue weighted by atomic mass is 9.96. The van der Waals surface area contributed by atoms with E-state index in [9.17, 15) is 4.79 Å². The molecule has 0 aromatic heterocycles. The Balaban J connectivity index is 1.76. The van der Waals surface area contributed by atoms with E-state index in [1.54, 1.807) is 12.1 Å². The summed E-state index contributed by atoms with van der Waals surface area (Å²) < 4.78 is 5.38. The van der Waals surface area contributed by atoms with Crippen LogP contribution in [-0.2, 0) is 11.3 Å². The third-order valence-electron chi connectivity index (χ3n) is 4.27. The monoisotopic (exact) mass is 310 g/mol. The quantitative estimate of drug-likeness (QED) is 0.919. The molecule has 1 amide bonds. The third-order valence-corrected chi connectivity index (χ3v) is 4.27. The van der Waals surface area contributed by atoms with Gasteiger partial charge in [-0.05, 0) is 24.5 Å². The van der Waals surface area contributed by atoms with Gasteiger partial charge in [-0.2, -0.15) is 0 Å². The van der Waals surface area contributed by atoms with Crippen molar-refractivity contribution >= 4 is 5.91 Å². The van der Waals surface area contributed by atoms with Gasteiger partial charge in [0.2, 0.25) is 5.91 Å². The smallest absolute Gasteiger partial charge is 0.237 e. The first-order chi connectivity index (χ1) is 11.3. The first-order valence-corrected chi connectivity index (χ1v) is 8.02. The maximum absolute atomic E-state index is 12.4. The summed E-state index contributed by atoms with van der Waals surface area (Å²) in [7, 11) is 1.66. The van der Waals surface area contributed by atoms with Crippen molar-refractivity contribution in [1.82, 2.24) is 10.4 Å². The van der Waals surface area contributed by atoms with E-state index in [4.69, 9.17) is 4.74 Å². The topological polar surface area (TPSA) is 41.6 Å². The van der Waals surface area contributed by atoms with Crippen LogP contribution in [0, 0.1) is 0 Å². The number of hydrazine groups is 1. The van der Waals surface area contributed by atoms with Gasteiger partial charge in [0, 0.05) is 18.5 Å². The van der Waals surface area contributed by atoms with Crippen LogP contribution in [0.1, 0.15) is 36.4 Å². The lowest BCUT2D eigenvalue weighted by Crippen LogP contribution is -2.47. The second-order valence-corrected chi connectivity index (χ2v) is 5.73. The fraction of sp³-hybridized carbons (Fsp3) is 0.316. The molecule has 0 radical (unpaired) electrons. The molecule has 1 N–H and O–H groups in total. The van der Waals surface area contributed by atoms with Crippen LogP contribution in [0.3, 0.4) is 0 Å². The van der Waals surface area contributed by atoms with E-state index in [-0.39, 0.29) is 11.9 Å². The highest BCUT2D eigenvalue weighted by Crippen LogP contribution is 2.30. The van der Waals surface area contributed by atoms with Crippen LogP contribution < -0.4 is 10.2 Å². The van der Waals surface area contributed by atoms with Crippen molar-refractivity contribution < 1.29 is 9.53 Å². The van der Waals surface area contributed by atoms with Crippen molar-refractivity contribution in [2.75, 3.05) is 7.11 Å². The van der Waals surface area contributed by atoms with E-state index in [2.05, 4.69) is 17.6 Å². The van der Waals surface area contributed by atoms with Crippen LogP contribution in [0.25, 0.3) is 0 Å². The summed E-state index contributed by atoms with van der Waals surface area (Å²) in [5.41, 5.74) is 5.53. The van der Waals surface area contributed by atoms with Gasteiger partial charge >= 0.3 is 0 Å². The van der Waals surface area contributed by atoms with Crippen molar-refractivity contribution in [3.05, 3.63) is 65.7 Å². The highest BCUT2D eigenvalue weighted by atomic mass is 16.5. The van der Waals surface area contributed by atoms with Crippen LogP contribution in [-0.4, -0.2) is 18.0 Å². The van der Waals surface area contributed by atoms with E-state index in [0.29, 0.717) is 13.0 Å². The molecule has 0 saturated carbocycles. The molecule has 1 aliphatic rings. The number of methoxy groups -OCH3 is 1. The molecule has 1 saturated heterocycles. The van der Waals surface area contributed by atoms with Crippen molar-refractivity contribution in [1.29, 1.82) is 0 Å². The number of amides is 1. The van der Waals surface area contributed by atoms with E-state index < -0.39 is 0 Å². The lowest BCUT2D eigenvalue weighted by molar-refractivity contribution is -0.141. The zero-order chi connectivity index (χ0) is 16.1. The number of nitrogens with zero attached hydrogens (tertiary/aromatic N) is 1.